The van der Waals surface area contributed by atoms with E-state index in [1.165, 1.54) is 23.7 Å². The number of hydrogen-bond acceptors (Lipinski definition) is 1. The highest BCUT2D eigenvalue weighted by atomic mass is 35.5. The Hall–Kier alpha value is -0.990. The molecule has 92 valence electrons. The van der Waals surface area contributed by atoms with E-state index in [0.717, 1.165) is 24.7 Å². The number of fused-ring (bicyclic) bond motifs is 1. The van der Waals surface area contributed by atoms with E-state index in [9.17, 15) is 0 Å². The van der Waals surface area contributed by atoms with Crippen molar-refractivity contribution in [2.75, 3.05) is 13.1 Å². The molecule has 2 aromatic rings. The van der Waals surface area contributed by atoms with Gasteiger partial charge < -0.3 is 9.88 Å². The third-order valence-corrected chi connectivity index (χ3v) is 3.21. The first-order chi connectivity index (χ1) is 8.31. The summed E-state index contributed by atoms with van der Waals surface area (Å²) in [7, 11) is 0. The van der Waals surface area contributed by atoms with E-state index in [2.05, 4.69) is 35.1 Å². The Morgan fingerprint density at radius 2 is 2.12 bits per heavy atom. The van der Waals surface area contributed by atoms with Crippen LogP contribution in [-0.4, -0.2) is 17.7 Å². The van der Waals surface area contributed by atoms with Gasteiger partial charge in [0.15, 0.2) is 0 Å². The van der Waals surface area contributed by atoms with Crippen molar-refractivity contribution in [2.24, 2.45) is 0 Å². The van der Waals surface area contributed by atoms with Crippen molar-refractivity contribution in [1.29, 1.82) is 0 Å². The molecule has 17 heavy (non-hydrogen) atoms. The largest absolute Gasteiger partial charge is 0.346 e. The summed E-state index contributed by atoms with van der Waals surface area (Å²) in [6.07, 6.45) is 4.62. The Morgan fingerprint density at radius 1 is 1.24 bits per heavy atom. The van der Waals surface area contributed by atoms with Crippen LogP contribution in [0, 0.1) is 0 Å². The van der Waals surface area contributed by atoms with E-state index < -0.39 is 0 Å². The van der Waals surface area contributed by atoms with Gasteiger partial charge in [-0.25, -0.2) is 0 Å². The van der Waals surface area contributed by atoms with Gasteiger partial charge in [-0.15, -0.1) is 0 Å². The minimum absolute atomic E-state index is 0.802. The Kier molecular flexibility index (Phi) is 4.46. The first kappa shape index (κ1) is 12.5. The first-order valence-corrected chi connectivity index (χ1v) is 6.64. The molecule has 1 aromatic heterocycles. The normalized spacial score (nSPS) is 11.2. The number of nitrogens with one attached hydrogen (secondary N) is 1. The number of hydrogen-bond donors (Lipinski definition) is 1. The van der Waals surface area contributed by atoms with Gasteiger partial charge in [-0.05, 0) is 36.6 Å². The number of benzene rings is 1. The fourth-order valence-corrected chi connectivity index (χ4v) is 2.14. The van der Waals surface area contributed by atoms with Crippen LogP contribution in [0.25, 0.3) is 10.9 Å². The second-order valence-corrected chi connectivity index (χ2v) is 4.75. The number of nitrogens with zero attached hydrogens (tertiary/aromatic N) is 1. The van der Waals surface area contributed by atoms with Crippen LogP contribution < -0.4 is 5.32 Å². The highest BCUT2D eigenvalue weighted by Gasteiger charge is 2.01. The molecule has 0 radical (unpaired) electrons. The lowest BCUT2D eigenvalue weighted by Gasteiger charge is -2.07. The molecule has 1 N–H and O–H groups in total. The first-order valence-electron chi connectivity index (χ1n) is 6.26. The summed E-state index contributed by atoms with van der Waals surface area (Å²) in [5.74, 6) is 0. The molecule has 0 aliphatic rings. The Bertz CT molecular complexity index is 476. The van der Waals surface area contributed by atoms with E-state index in [4.69, 9.17) is 11.6 Å². The molecule has 0 bridgehead atoms. The molecule has 2 nitrogen and oxygen atoms in total. The van der Waals surface area contributed by atoms with Crippen molar-refractivity contribution in [1.82, 2.24) is 9.88 Å². The van der Waals surface area contributed by atoms with Crippen molar-refractivity contribution in [3.8, 4) is 0 Å². The summed E-state index contributed by atoms with van der Waals surface area (Å²) < 4.78 is 2.25. The molecule has 0 unspecified atom stereocenters. The minimum atomic E-state index is 0.802. The molecular weight excluding hydrogens is 232 g/mol. The molecule has 0 atom stereocenters. The van der Waals surface area contributed by atoms with Gasteiger partial charge >= 0.3 is 0 Å². The quantitative estimate of drug-likeness (QED) is 0.774. The second-order valence-electron chi connectivity index (χ2n) is 4.32. The number of rotatable bonds is 6. The zero-order valence-electron chi connectivity index (χ0n) is 10.2. The zero-order chi connectivity index (χ0) is 12.1. The van der Waals surface area contributed by atoms with Crippen LogP contribution in [-0.2, 0) is 6.54 Å². The van der Waals surface area contributed by atoms with E-state index in [1.807, 2.05) is 12.1 Å². The molecule has 1 heterocycles. The van der Waals surface area contributed by atoms with Crippen molar-refractivity contribution in [2.45, 2.75) is 26.3 Å². The Morgan fingerprint density at radius 3 is 2.94 bits per heavy atom. The van der Waals surface area contributed by atoms with Crippen molar-refractivity contribution < 1.29 is 0 Å². The van der Waals surface area contributed by atoms with Gasteiger partial charge in [-0.1, -0.05) is 31.0 Å². The fraction of sp³-hybridized carbons (Fsp3) is 0.429. The lowest BCUT2D eigenvalue weighted by molar-refractivity contribution is 0.588. The summed E-state index contributed by atoms with van der Waals surface area (Å²) in [4.78, 5) is 0. The smallest absolute Gasteiger partial charge is 0.0495 e. The summed E-state index contributed by atoms with van der Waals surface area (Å²) in [5.41, 5.74) is 1.22. The predicted octanol–water partition coefficient (Wildman–Crippen LogP) is 3.68. The third-order valence-electron chi connectivity index (χ3n) is 2.97. The van der Waals surface area contributed by atoms with Crippen LogP contribution in [0.2, 0.25) is 5.02 Å². The monoisotopic (exact) mass is 250 g/mol. The maximum Gasteiger partial charge on any atom is 0.0495 e. The molecule has 3 heteroatoms. The van der Waals surface area contributed by atoms with Crippen LogP contribution in [0.4, 0.5) is 0 Å². The molecule has 0 saturated carbocycles. The van der Waals surface area contributed by atoms with Crippen LogP contribution in [0.5, 0.6) is 0 Å². The second kappa shape index (κ2) is 6.08. The highest BCUT2D eigenvalue weighted by molar-refractivity contribution is 6.31. The third kappa shape index (κ3) is 3.24. The van der Waals surface area contributed by atoms with Crippen LogP contribution >= 0.6 is 11.6 Å². The maximum atomic E-state index is 6.02. The van der Waals surface area contributed by atoms with Crippen molar-refractivity contribution in [3.05, 3.63) is 35.5 Å². The molecule has 0 amide bonds. The van der Waals surface area contributed by atoms with Gasteiger partial charge in [0.25, 0.3) is 0 Å². The maximum absolute atomic E-state index is 6.02. The van der Waals surface area contributed by atoms with E-state index in [-0.39, 0.29) is 0 Å². The van der Waals surface area contributed by atoms with E-state index in [0.29, 0.717) is 0 Å². The van der Waals surface area contributed by atoms with Crippen LogP contribution in [0.15, 0.2) is 30.5 Å². The van der Waals surface area contributed by atoms with Crippen molar-refractivity contribution >= 4 is 22.5 Å². The number of unbranched alkanes of at least 4 members (excludes halogenated alkanes) is 1. The zero-order valence-corrected chi connectivity index (χ0v) is 11.0. The predicted molar refractivity (Wildman–Crippen MR) is 74.7 cm³/mol. The van der Waals surface area contributed by atoms with Crippen molar-refractivity contribution in [3.63, 3.8) is 0 Å². The Balaban J connectivity index is 1.96. The summed E-state index contributed by atoms with van der Waals surface area (Å²) in [6, 6.07) is 8.17. The van der Waals surface area contributed by atoms with Crippen LogP contribution in [0.3, 0.4) is 0 Å². The van der Waals surface area contributed by atoms with Gasteiger partial charge in [0.05, 0.1) is 0 Å². The summed E-state index contributed by atoms with van der Waals surface area (Å²) in [6.45, 7) is 5.32. The number of aromatic nitrogens is 1. The highest BCUT2D eigenvalue weighted by Crippen LogP contribution is 2.20. The van der Waals surface area contributed by atoms with Gasteiger partial charge in [0, 0.05) is 29.8 Å². The molecule has 1 aromatic carbocycles. The SMILES string of the molecule is CCCCNCCn1ccc2ccc(Cl)cc21. The topological polar surface area (TPSA) is 17.0 Å². The summed E-state index contributed by atoms with van der Waals surface area (Å²) >= 11 is 6.02. The lowest BCUT2D eigenvalue weighted by Crippen LogP contribution is -2.20. The molecule has 2 rings (SSSR count). The number of halogens is 1. The van der Waals surface area contributed by atoms with Gasteiger partial charge in [0.1, 0.15) is 0 Å². The van der Waals surface area contributed by atoms with Gasteiger partial charge in [-0.3, -0.25) is 0 Å². The van der Waals surface area contributed by atoms with Crippen LogP contribution in [0.1, 0.15) is 19.8 Å². The molecule has 0 fully saturated rings. The molecular formula is C14H19ClN2. The van der Waals surface area contributed by atoms with E-state index >= 15 is 0 Å². The summed E-state index contributed by atoms with van der Waals surface area (Å²) in [5, 5.41) is 5.51. The van der Waals surface area contributed by atoms with Gasteiger partial charge in [0.2, 0.25) is 0 Å². The molecule has 0 aliphatic heterocycles. The minimum Gasteiger partial charge on any atom is -0.346 e. The fourth-order valence-electron chi connectivity index (χ4n) is 1.98. The standard InChI is InChI=1S/C14H19ClN2/c1-2-3-7-16-8-10-17-9-6-12-4-5-13(15)11-14(12)17/h4-6,9,11,16H,2-3,7-8,10H2,1H3. The molecule has 0 saturated heterocycles. The molecule has 0 spiro atoms. The Labute approximate surface area is 108 Å². The lowest BCUT2D eigenvalue weighted by atomic mass is 10.2. The molecule has 0 aliphatic carbocycles. The van der Waals surface area contributed by atoms with Gasteiger partial charge in [-0.2, -0.15) is 0 Å². The average molecular weight is 251 g/mol. The average Bonchev–Trinajstić information content (AvgIpc) is 2.72. The van der Waals surface area contributed by atoms with E-state index in [1.54, 1.807) is 0 Å².